The van der Waals surface area contributed by atoms with Gasteiger partial charge in [-0.1, -0.05) is 59.0 Å². The third-order valence-electron chi connectivity index (χ3n) is 4.35. The Labute approximate surface area is 190 Å². The van der Waals surface area contributed by atoms with Crippen molar-refractivity contribution in [2.24, 2.45) is 0 Å². The molecule has 10 heteroatoms. The van der Waals surface area contributed by atoms with Gasteiger partial charge in [-0.3, -0.25) is 25.0 Å². The highest BCUT2D eigenvalue weighted by atomic mass is 127. The number of carbonyl (C=O) groups is 1. The number of hydrogen-bond donors (Lipinski definition) is 1. The molecule has 3 rings (SSSR count). The summed E-state index contributed by atoms with van der Waals surface area (Å²) in [6.45, 7) is 0.140. The van der Waals surface area contributed by atoms with Crippen LogP contribution < -0.4 is 10.1 Å². The Morgan fingerprint density at radius 3 is 2.35 bits per heavy atom. The lowest BCUT2D eigenvalue weighted by Crippen LogP contribution is -2.14. The van der Waals surface area contributed by atoms with Crippen molar-refractivity contribution in [3.63, 3.8) is 0 Å². The lowest BCUT2D eigenvalue weighted by atomic mass is 10.1. The summed E-state index contributed by atoms with van der Waals surface area (Å²) in [4.78, 5) is 34.0. The highest BCUT2D eigenvalue weighted by Gasteiger charge is 2.19. The topological polar surface area (TPSA) is 125 Å². The molecule has 0 aliphatic rings. The molecule has 0 fully saturated rings. The molecule has 9 nitrogen and oxygen atoms in total. The van der Waals surface area contributed by atoms with Crippen molar-refractivity contribution in [3.8, 4) is 5.75 Å². The van der Waals surface area contributed by atoms with E-state index in [0.29, 0.717) is 9.99 Å². The van der Waals surface area contributed by atoms with E-state index in [1.807, 2.05) is 52.9 Å². The molecule has 1 amide bonds. The second-order valence-electron chi connectivity index (χ2n) is 6.40. The van der Waals surface area contributed by atoms with Gasteiger partial charge in [0.2, 0.25) is 0 Å². The highest BCUT2D eigenvalue weighted by molar-refractivity contribution is 14.1. The number of non-ortho nitro benzene ring substituents is 1. The molecule has 0 heterocycles. The zero-order valence-electron chi connectivity index (χ0n) is 16.0. The Hall–Kier alpha value is -3.54. The first-order chi connectivity index (χ1) is 14.9. The minimum absolute atomic E-state index is 0.0904. The Morgan fingerprint density at radius 1 is 0.968 bits per heavy atom. The fraction of sp³-hybridized carbons (Fsp3) is 0.0952. The second-order valence-corrected chi connectivity index (χ2v) is 7.16. The van der Waals surface area contributed by atoms with E-state index >= 15 is 0 Å². The average molecular weight is 533 g/mol. The predicted octanol–water partition coefficient (Wildman–Crippen LogP) is 5.27. The number of carbonyl (C=O) groups excluding carboxylic acids is 1. The van der Waals surface area contributed by atoms with E-state index in [1.54, 1.807) is 0 Å². The predicted molar refractivity (Wildman–Crippen MR) is 123 cm³/mol. The van der Waals surface area contributed by atoms with Gasteiger partial charge in [0, 0.05) is 27.7 Å². The van der Waals surface area contributed by atoms with Crippen LogP contribution in [0.2, 0.25) is 0 Å². The van der Waals surface area contributed by atoms with Gasteiger partial charge in [0.15, 0.2) is 0 Å². The van der Waals surface area contributed by atoms with E-state index in [1.165, 1.54) is 36.4 Å². The number of rotatable bonds is 8. The van der Waals surface area contributed by atoms with Crippen molar-refractivity contribution in [3.05, 3.63) is 104 Å². The number of halogens is 1. The first-order valence-corrected chi connectivity index (χ1v) is 10.5. The lowest BCUT2D eigenvalue weighted by molar-refractivity contribution is -0.385. The van der Waals surface area contributed by atoms with Crippen molar-refractivity contribution >= 4 is 45.6 Å². The van der Waals surface area contributed by atoms with Gasteiger partial charge in [0.05, 0.1) is 21.6 Å². The lowest BCUT2D eigenvalue weighted by Gasteiger charge is -2.13. The van der Waals surface area contributed by atoms with Gasteiger partial charge < -0.3 is 10.1 Å². The number of anilines is 1. The molecular formula is C21H16IN3O6. The molecule has 0 unspecified atom stereocenters. The number of nitro benzene ring substituents is 2. The van der Waals surface area contributed by atoms with E-state index in [0.717, 1.165) is 5.56 Å². The number of nitrogens with zero attached hydrogens (tertiary/aromatic N) is 2. The van der Waals surface area contributed by atoms with Gasteiger partial charge in [0.1, 0.15) is 12.4 Å². The zero-order valence-corrected chi connectivity index (χ0v) is 18.1. The van der Waals surface area contributed by atoms with Crippen LogP contribution in [0.3, 0.4) is 0 Å². The van der Waals surface area contributed by atoms with Gasteiger partial charge in [0.25, 0.3) is 17.3 Å². The van der Waals surface area contributed by atoms with Crippen LogP contribution in [0.4, 0.5) is 17.1 Å². The van der Waals surface area contributed by atoms with Gasteiger partial charge >= 0.3 is 0 Å². The van der Waals surface area contributed by atoms with Crippen LogP contribution in [0.5, 0.6) is 5.75 Å². The van der Waals surface area contributed by atoms with Crippen molar-refractivity contribution < 1.29 is 19.4 Å². The van der Waals surface area contributed by atoms with E-state index in [9.17, 15) is 25.0 Å². The molecule has 0 atom stereocenters. The highest BCUT2D eigenvalue weighted by Crippen LogP contribution is 2.31. The molecule has 0 bridgehead atoms. The Kier molecular flexibility index (Phi) is 7.13. The number of nitro groups is 2. The van der Waals surface area contributed by atoms with Crippen molar-refractivity contribution in [1.82, 2.24) is 0 Å². The van der Waals surface area contributed by atoms with E-state index < -0.39 is 15.8 Å². The zero-order chi connectivity index (χ0) is 22.4. The maximum atomic E-state index is 12.7. The number of hydrogen-bond acceptors (Lipinski definition) is 6. The van der Waals surface area contributed by atoms with Gasteiger partial charge in [-0.2, -0.15) is 0 Å². The van der Waals surface area contributed by atoms with Gasteiger partial charge in [-0.05, 0) is 17.7 Å². The average Bonchev–Trinajstić information content (AvgIpc) is 2.78. The van der Waals surface area contributed by atoms with Crippen LogP contribution in [-0.2, 0) is 11.0 Å². The molecule has 0 radical (unpaired) electrons. The quantitative estimate of drug-likeness (QED) is 0.182. The number of benzene rings is 3. The van der Waals surface area contributed by atoms with E-state index in [4.69, 9.17) is 4.74 Å². The summed E-state index contributed by atoms with van der Waals surface area (Å²) in [6, 6.07) is 17.3. The largest absolute Gasteiger partial charge is 0.486 e. The van der Waals surface area contributed by atoms with Crippen LogP contribution in [-0.4, -0.2) is 15.8 Å². The summed E-state index contributed by atoms with van der Waals surface area (Å²) in [5, 5.41) is 25.0. The molecule has 158 valence electrons. The molecule has 0 saturated carbocycles. The summed E-state index contributed by atoms with van der Waals surface area (Å²) in [6.07, 6.45) is 0. The van der Waals surface area contributed by atoms with Crippen LogP contribution in [0, 0.1) is 20.2 Å². The summed E-state index contributed by atoms with van der Waals surface area (Å²) in [5.41, 5.74) is 1.31. The molecule has 3 aromatic carbocycles. The van der Waals surface area contributed by atoms with Gasteiger partial charge in [-0.25, -0.2) is 0 Å². The molecule has 0 aromatic heterocycles. The summed E-state index contributed by atoms with van der Waals surface area (Å²) in [7, 11) is 0. The molecule has 3 aromatic rings. The first kappa shape index (κ1) is 22.2. The summed E-state index contributed by atoms with van der Waals surface area (Å²) < 4.78 is 6.15. The number of amides is 1. The maximum Gasteiger partial charge on any atom is 0.274 e. The monoisotopic (exact) mass is 533 g/mol. The van der Waals surface area contributed by atoms with Crippen LogP contribution in [0.1, 0.15) is 21.5 Å². The second kappa shape index (κ2) is 9.98. The minimum atomic E-state index is -0.596. The number of alkyl halides is 1. The molecule has 0 saturated heterocycles. The number of nitrogens with one attached hydrogen (secondary N) is 1. The van der Waals surface area contributed by atoms with Crippen molar-refractivity contribution in [1.29, 1.82) is 0 Å². The fourth-order valence-corrected chi connectivity index (χ4v) is 3.41. The standard InChI is InChI=1S/C21H16IN3O6/c22-12-16-7-6-15(10-19(16)25(29)30)21(26)23-18-9-8-17(24(27)28)11-20(18)31-13-14-4-2-1-3-5-14/h1-11H,12-13H2,(H,23,26). The van der Waals surface area contributed by atoms with E-state index in [2.05, 4.69) is 5.32 Å². The molecule has 0 aliphatic carbocycles. The molecular weight excluding hydrogens is 517 g/mol. The van der Waals surface area contributed by atoms with Crippen molar-refractivity contribution in [2.75, 3.05) is 5.32 Å². The van der Waals surface area contributed by atoms with E-state index in [-0.39, 0.29) is 35.0 Å². The number of ether oxygens (including phenoxy) is 1. The smallest absolute Gasteiger partial charge is 0.274 e. The van der Waals surface area contributed by atoms with Crippen LogP contribution in [0.25, 0.3) is 0 Å². The third-order valence-corrected chi connectivity index (χ3v) is 5.17. The maximum absolute atomic E-state index is 12.7. The Balaban J connectivity index is 1.87. The van der Waals surface area contributed by atoms with Crippen LogP contribution in [0.15, 0.2) is 66.7 Å². The Morgan fingerprint density at radius 2 is 1.71 bits per heavy atom. The molecule has 0 aliphatic heterocycles. The Bertz CT molecular complexity index is 1140. The first-order valence-electron chi connectivity index (χ1n) is 8.99. The minimum Gasteiger partial charge on any atom is -0.486 e. The SMILES string of the molecule is O=C(Nc1ccc([N+](=O)[O-])cc1OCc1ccccc1)c1ccc(CI)c([N+](=O)[O-])c1. The third kappa shape index (κ3) is 5.54. The fourth-order valence-electron chi connectivity index (χ4n) is 2.77. The molecule has 0 spiro atoms. The molecule has 31 heavy (non-hydrogen) atoms. The normalized spacial score (nSPS) is 10.4. The molecule has 1 N–H and O–H groups in total. The summed E-state index contributed by atoms with van der Waals surface area (Å²) >= 11 is 2.01. The summed E-state index contributed by atoms with van der Waals surface area (Å²) in [5.74, 6) is -0.480. The van der Waals surface area contributed by atoms with Crippen LogP contribution >= 0.6 is 22.6 Å². The van der Waals surface area contributed by atoms with Crippen molar-refractivity contribution in [2.45, 2.75) is 11.0 Å². The van der Waals surface area contributed by atoms with Gasteiger partial charge in [-0.15, -0.1) is 0 Å².